The van der Waals surface area contributed by atoms with Crippen LogP contribution in [-0.2, 0) is 7.05 Å². The van der Waals surface area contributed by atoms with E-state index >= 15 is 0 Å². The number of carbonyl (C=O) groups excluding carboxylic acids is 1. The van der Waals surface area contributed by atoms with Crippen LogP contribution in [-0.4, -0.2) is 24.3 Å². The number of aromatic nitrogens is 1. The first-order valence-electron chi connectivity index (χ1n) is 8.80. The quantitative estimate of drug-likeness (QED) is 0.712. The predicted octanol–water partition coefficient (Wildman–Crippen LogP) is 4.26. The lowest BCUT2D eigenvalue weighted by Gasteiger charge is -2.10. The molecule has 0 saturated heterocycles. The number of nitriles is 1. The summed E-state index contributed by atoms with van der Waals surface area (Å²) in [6.45, 7) is 2.62. The number of hydrogen-bond donors (Lipinski definition) is 2. The number of benzene rings is 2. The van der Waals surface area contributed by atoms with Crippen molar-refractivity contribution >= 4 is 22.6 Å². The Morgan fingerprint density at radius 3 is 2.78 bits per heavy atom. The molecule has 0 fully saturated rings. The molecule has 0 aliphatic carbocycles. The summed E-state index contributed by atoms with van der Waals surface area (Å²) < 4.78 is 7.29. The molecule has 0 bridgehead atoms. The summed E-state index contributed by atoms with van der Waals surface area (Å²) in [4.78, 5) is 11.9. The Hall–Kier alpha value is -3.46. The number of anilines is 1. The molecule has 27 heavy (non-hydrogen) atoms. The van der Waals surface area contributed by atoms with E-state index in [1.165, 1.54) is 0 Å². The molecule has 0 saturated carbocycles. The van der Waals surface area contributed by atoms with Crippen LogP contribution in [0.15, 0.2) is 42.5 Å². The van der Waals surface area contributed by atoms with E-state index in [-0.39, 0.29) is 6.03 Å². The van der Waals surface area contributed by atoms with Gasteiger partial charge in [-0.1, -0.05) is 19.1 Å². The number of ether oxygens (including phenoxy) is 1. The summed E-state index contributed by atoms with van der Waals surface area (Å²) in [5, 5.41) is 16.2. The largest absolute Gasteiger partial charge is 0.497 e. The fourth-order valence-electron chi connectivity index (χ4n) is 3.15. The van der Waals surface area contributed by atoms with E-state index in [2.05, 4.69) is 16.7 Å². The zero-order valence-corrected chi connectivity index (χ0v) is 15.7. The summed E-state index contributed by atoms with van der Waals surface area (Å²) in [7, 11) is 3.54. The molecule has 2 aromatic carbocycles. The number of carbonyl (C=O) groups is 1. The molecule has 3 aromatic rings. The smallest absolute Gasteiger partial charge is 0.319 e. The predicted molar refractivity (Wildman–Crippen MR) is 107 cm³/mol. The minimum Gasteiger partial charge on any atom is -0.497 e. The van der Waals surface area contributed by atoms with Crippen molar-refractivity contribution in [3.05, 3.63) is 48.0 Å². The van der Waals surface area contributed by atoms with Crippen molar-refractivity contribution in [1.29, 1.82) is 5.26 Å². The fourth-order valence-corrected chi connectivity index (χ4v) is 3.15. The Kier molecular flexibility index (Phi) is 5.32. The number of hydrogen-bond acceptors (Lipinski definition) is 3. The molecule has 6 nitrogen and oxygen atoms in total. The van der Waals surface area contributed by atoms with Crippen LogP contribution < -0.4 is 15.4 Å². The Morgan fingerprint density at radius 2 is 2.07 bits per heavy atom. The van der Waals surface area contributed by atoms with Crippen LogP contribution in [0.5, 0.6) is 5.75 Å². The second-order valence-electron chi connectivity index (χ2n) is 6.24. The van der Waals surface area contributed by atoms with Gasteiger partial charge >= 0.3 is 6.03 Å². The van der Waals surface area contributed by atoms with Crippen LogP contribution in [0.2, 0.25) is 0 Å². The molecular weight excluding hydrogens is 340 g/mol. The van der Waals surface area contributed by atoms with Crippen molar-refractivity contribution in [2.75, 3.05) is 19.0 Å². The Labute approximate surface area is 158 Å². The van der Waals surface area contributed by atoms with Gasteiger partial charge in [0.2, 0.25) is 0 Å². The molecule has 0 aliphatic heterocycles. The highest BCUT2D eigenvalue weighted by Crippen LogP contribution is 2.35. The van der Waals surface area contributed by atoms with Gasteiger partial charge in [-0.15, -0.1) is 0 Å². The molecule has 0 radical (unpaired) electrons. The van der Waals surface area contributed by atoms with Crippen molar-refractivity contribution in [2.24, 2.45) is 7.05 Å². The molecule has 6 heteroatoms. The molecule has 1 aromatic heterocycles. The minimum absolute atomic E-state index is 0.240. The maximum atomic E-state index is 11.9. The van der Waals surface area contributed by atoms with Crippen LogP contribution in [0.25, 0.3) is 22.2 Å². The van der Waals surface area contributed by atoms with E-state index in [0.717, 1.165) is 34.3 Å². The van der Waals surface area contributed by atoms with E-state index in [1.807, 2.05) is 61.0 Å². The standard InChI is InChI=1S/C21H22N4O2/c1-4-10-23-21(26)24-15-7-5-6-14(11-15)20-18(13-22)17-9-8-16(27-3)12-19(17)25(20)2/h5-9,11-12H,4,10H2,1-3H3,(H2,23,24,26). The molecule has 0 atom stereocenters. The number of nitrogens with zero attached hydrogens (tertiary/aromatic N) is 2. The van der Waals surface area contributed by atoms with Gasteiger partial charge < -0.3 is 19.9 Å². The molecule has 0 aliphatic rings. The maximum absolute atomic E-state index is 11.9. The SMILES string of the molecule is CCCNC(=O)Nc1cccc(-c2c(C#N)c3ccc(OC)cc3n2C)c1. The molecule has 2 N–H and O–H groups in total. The van der Waals surface area contributed by atoms with Crippen LogP contribution >= 0.6 is 0 Å². The molecule has 0 unspecified atom stereocenters. The lowest BCUT2D eigenvalue weighted by atomic mass is 10.1. The lowest BCUT2D eigenvalue weighted by Crippen LogP contribution is -2.29. The second kappa shape index (κ2) is 7.83. The van der Waals surface area contributed by atoms with E-state index < -0.39 is 0 Å². The van der Waals surface area contributed by atoms with Crippen molar-refractivity contribution < 1.29 is 9.53 Å². The van der Waals surface area contributed by atoms with Crippen LogP contribution in [0.3, 0.4) is 0 Å². The molecule has 3 rings (SSSR count). The Balaban J connectivity index is 2.05. The third-order valence-corrected chi connectivity index (χ3v) is 4.45. The first kappa shape index (κ1) is 18.3. The number of rotatable bonds is 5. The van der Waals surface area contributed by atoms with Crippen LogP contribution in [0, 0.1) is 11.3 Å². The normalized spacial score (nSPS) is 10.4. The highest BCUT2D eigenvalue weighted by molar-refractivity contribution is 5.96. The number of urea groups is 1. The van der Waals surface area contributed by atoms with Gasteiger partial charge in [0, 0.05) is 36.3 Å². The van der Waals surface area contributed by atoms with Crippen LogP contribution in [0.1, 0.15) is 18.9 Å². The third-order valence-electron chi connectivity index (χ3n) is 4.45. The second-order valence-corrected chi connectivity index (χ2v) is 6.24. The van der Waals surface area contributed by atoms with Crippen molar-refractivity contribution in [3.63, 3.8) is 0 Å². The van der Waals surface area contributed by atoms with Crippen molar-refractivity contribution in [3.8, 4) is 23.1 Å². The summed E-state index contributed by atoms with van der Waals surface area (Å²) in [6.07, 6.45) is 0.873. The molecule has 138 valence electrons. The van der Waals surface area contributed by atoms with Crippen LogP contribution in [0.4, 0.5) is 10.5 Å². The van der Waals surface area contributed by atoms with Gasteiger partial charge in [0.15, 0.2) is 0 Å². The first-order valence-corrected chi connectivity index (χ1v) is 8.80. The van der Waals surface area contributed by atoms with E-state index in [9.17, 15) is 10.1 Å². The summed E-state index contributed by atoms with van der Waals surface area (Å²) >= 11 is 0. The van der Waals surface area contributed by atoms with E-state index in [4.69, 9.17) is 4.74 Å². The number of amides is 2. The monoisotopic (exact) mass is 362 g/mol. The Bertz CT molecular complexity index is 1030. The highest BCUT2D eigenvalue weighted by atomic mass is 16.5. The van der Waals surface area contributed by atoms with Crippen molar-refractivity contribution in [1.82, 2.24) is 9.88 Å². The average molecular weight is 362 g/mol. The number of nitrogens with one attached hydrogen (secondary N) is 2. The number of methoxy groups -OCH3 is 1. The average Bonchev–Trinajstić information content (AvgIpc) is 2.97. The van der Waals surface area contributed by atoms with Gasteiger partial charge in [-0.25, -0.2) is 4.79 Å². The topological polar surface area (TPSA) is 79.1 Å². The minimum atomic E-state index is -0.240. The van der Waals surface area contributed by atoms with Gasteiger partial charge in [0.1, 0.15) is 11.8 Å². The zero-order chi connectivity index (χ0) is 19.4. The van der Waals surface area contributed by atoms with Gasteiger partial charge in [-0.3, -0.25) is 0 Å². The molecule has 2 amide bonds. The molecular formula is C21H22N4O2. The zero-order valence-electron chi connectivity index (χ0n) is 15.7. The third kappa shape index (κ3) is 3.58. The van der Waals surface area contributed by atoms with Gasteiger partial charge in [-0.05, 0) is 30.7 Å². The highest BCUT2D eigenvalue weighted by Gasteiger charge is 2.17. The summed E-state index contributed by atoms with van der Waals surface area (Å²) in [5.41, 5.74) is 3.85. The summed E-state index contributed by atoms with van der Waals surface area (Å²) in [5.74, 6) is 0.738. The number of aryl methyl sites for hydroxylation is 1. The van der Waals surface area contributed by atoms with Gasteiger partial charge in [0.05, 0.1) is 23.9 Å². The van der Waals surface area contributed by atoms with Crippen molar-refractivity contribution in [2.45, 2.75) is 13.3 Å². The Morgan fingerprint density at radius 1 is 1.26 bits per heavy atom. The van der Waals surface area contributed by atoms with Gasteiger partial charge in [-0.2, -0.15) is 5.26 Å². The van der Waals surface area contributed by atoms with E-state index in [1.54, 1.807) is 7.11 Å². The number of fused-ring (bicyclic) bond motifs is 1. The first-order chi connectivity index (χ1) is 13.1. The molecule has 0 spiro atoms. The fraction of sp³-hybridized carbons (Fsp3) is 0.238. The molecule has 1 heterocycles. The van der Waals surface area contributed by atoms with Gasteiger partial charge in [0.25, 0.3) is 0 Å². The summed E-state index contributed by atoms with van der Waals surface area (Å²) in [6, 6.07) is 15.2. The maximum Gasteiger partial charge on any atom is 0.319 e. The lowest BCUT2D eigenvalue weighted by molar-refractivity contribution is 0.252. The van der Waals surface area contributed by atoms with E-state index in [0.29, 0.717) is 17.8 Å².